The van der Waals surface area contributed by atoms with E-state index in [-0.39, 0.29) is 5.91 Å². The quantitative estimate of drug-likeness (QED) is 0.659. The van der Waals surface area contributed by atoms with Gasteiger partial charge in [-0.2, -0.15) is 5.26 Å². The smallest absolute Gasteiger partial charge is 0.240 e. The van der Waals surface area contributed by atoms with Crippen molar-refractivity contribution in [3.63, 3.8) is 0 Å². The lowest BCUT2D eigenvalue weighted by Crippen LogP contribution is -2.39. The Labute approximate surface area is 97.2 Å². The van der Waals surface area contributed by atoms with E-state index in [9.17, 15) is 4.79 Å². The van der Waals surface area contributed by atoms with Gasteiger partial charge >= 0.3 is 0 Å². The van der Waals surface area contributed by atoms with Crippen LogP contribution in [-0.2, 0) is 9.53 Å². The van der Waals surface area contributed by atoms with Crippen molar-refractivity contribution < 1.29 is 9.53 Å². The van der Waals surface area contributed by atoms with Crippen molar-refractivity contribution in [3.05, 3.63) is 0 Å². The molecule has 0 spiro atoms. The monoisotopic (exact) mass is 224 g/mol. The van der Waals surface area contributed by atoms with Crippen LogP contribution in [0.4, 0.5) is 0 Å². The summed E-state index contributed by atoms with van der Waals surface area (Å²) in [5.74, 6) is -0.480. The van der Waals surface area contributed by atoms with Gasteiger partial charge in [0, 0.05) is 19.7 Å². The maximum absolute atomic E-state index is 12.1. The Balaban J connectivity index is 2.55. The van der Waals surface area contributed by atoms with Crippen LogP contribution in [0.1, 0.15) is 32.6 Å². The van der Waals surface area contributed by atoms with Crippen molar-refractivity contribution in [3.8, 4) is 6.07 Å². The molecule has 0 aliphatic heterocycles. The molecule has 1 rings (SSSR count). The lowest BCUT2D eigenvalue weighted by molar-refractivity contribution is -0.135. The molecule has 1 amide bonds. The summed E-state index contributed by atoms with van der Waals surface area (Å²) in [6.45, 7) is 3.16. The largest absolute Gasteiger partial charge is 0.383 e. The van der Waals surface area contributed by atoms with Crippen LogP contribution in [-0.4, -0.2) is 37.1 Å². The molecule has 1 atom stereocenters. The highest BCUT2D eigenvalue weighted by Crippen LogP contribution is 2.28. The zero-order chi connectivity index (χ0) is 12.0. The topological polar surface area (TPSA) is 53.3 Å². The minimum Gasteiger partial charge on any atom is -0.383 e. The fourth-order valence-corrected chi connectivity index (χ4v) is 1.78. The number of hydrogen-bond donors (Lipinski definition) is 0. The summed E-state index contributed by atoms with van der Waals surface area (Å²) < 4.78 is 5.00. The molecule has 90 valence electrons. The lowest BCUT2D eigenvalue weighted by Gasteiger charge is -2.24. The molecule has 1 aliphatic rings. The van der Waals surface area contributed by atoms with Crippen LogP contribution in [0.25, 0.3) is 0 Å². The third kappa shape index (κ3) is 3.49. The molecule has 0 bridgehead atoms. The van der Waals surface area contributed by atoms with Gasteiger partial charge in [0.05, 0.1) is 12.7 Å². The molecule has 0 aromatic heterocycles. The van der Waals surface area contributed by atoms with Gasteiger partial charge in [0.15, 0.2) is 0 Å². The van der Waals surface area contributed by atoms with E-state index in [2.05, 4.69) is 6.07 Å². The molecule has 1 saturated carbocycles. The molecule has 1 fully saturated rings. The second kappa shape index (κ2) is 6.49. The van der Waals surface area contributed by atoms with Crippen LogP contribution in [0, 0.1) is 17.2 Å². The van der Waals surface area contributed by atoms with Crippen molar-refractivity contribution in [2.24, 2.45) is 5.92 Å². The fourth-order valence-electron chi connectivity index (χ4n) is 1.78. The molecular weight excluding hydrogens is 204 g/mol. The van der Waals surface area contributed by atoms with E-state index >= 15 is 0 Å². The van der Waals surface area contributed by atoms with E-state index in [4.69, 9.17) is 10.00 Å². The average molecular weight is 224 g/mol. The van der Waals surface area contributed by atoms with E-state index in [1.165, 1.54) is 0 Å². The van der Waals surface area contributed by atoms with Crippen molar-refractivity contribution in [2.45, 2.75) is 38.6 Å². The Morgan fingerprint density at radius 3 is 2.75 bits per heavy atom. The summed E-state index contributed by atoms with van der Waals surface area (Å²) in [5.41, 5.74) is 0. The summed E-state index contributed by atoms with van der Waals surface area (Å²) in [4.78, 5) is 13.9. The van der Waals surface area contributed by atoms with Gasteiger partial charge in [0.1, 0.15) is 5.92 Å². The third-order valence-electron chi connectivity index (χ3n) is 2.84. The number of carbonyl (C=O) groups is 1. The van der Waals surface area contributed by atoms with E-state index in [1.54, 1.807) is 7.11 Å². The first kappa shape index (κ1) is 13.0. The van der Waals surface area contributed by atoms with Crippen LogP contribution >= 0.6 is 0 Å². The summed E-state index contributed by atoms with van der Waals surface area (Å²) in [6.07, 6.45) is 3.66. The summed E-state index contributed by atoms with van der Waals surface area (Å²) >= 11 is 0. The summed E-state index contributed by atoms with van der Waals surface area (Å²) in [7, 11) is 1.63. The van der Waals surface area contributed by atoms with Crippen LogP contribution in [0.3, 0.4) is 0 Å². The molecule has 0 aromatic rings. The number of ether oxygens (including phenoxy) is 1. The first-order valence-corrected chi connectivity index (χ1v) is 5.93. The number of carbonyl (C=O) groups excluding carboxylic acids is 1. The van der Waals surface area contributed by atoms with Crippen molar-refractivity contribution in [1.29, 1.82) is 5.26 Å². The zero-order valence-corrected chi connectivity index (χ0v) is 10.1. The summed E-state index contributed by atoms with van der Waals surface area (Å²) in [6, 6.07) is 2.47. The van der Waals surface area contributed by atoms with E-state index in [0.29, 0.717) is 25.6 Å². The van der Waals surface area contributed by atoms with Crippen LogP contribution in [0.5, 0.6) is 0 Å². The predicted molar refractivity (Wildman–Crippen MR) is 60.6 cm³/mol. The Hall–Kier alpha value is -1.08. The van der Waals surface area contributed by atoms with Crippen LogP contribution in [0.15, 0.2) is 0 Å². The molecule has 0 radical (unpaired) electrons. The molecule has 0 saturated heterocycles. The number of rotatable bonds is 7. The number of methoxy groups -OCH3 is 1. The SMILES string of the molecule is CCCC(C#N)C(=O)N(CCOC)C1CC1. The molecule has 4 heteroatoms. The normalized spacial score (nSPS) is 16.6. The van der Waals surface area contributed by atoms with E-state index in [1.807, 2.05) is 11.8 Å². The second-order valence-electron chi connectivity index (χ2n) is 4.23. The van der Waals surface area contributed by atoms with Crippen LogP contribution < -0.4 is 0 Å². The highest BCUT2D eigenvalue weighted by molar-refractivity contribution is 5.81. The highest BCUT2D eigenvalue weighted by atomic mass is 16.5. The van der Waals surface area contributed by atoms with E-state index in [0.717, 1.165) is 19.3 Å². The standard InChI is InChI=1S/C12H20N2O2/c1-3-4-10(9-13)12(15)14(7-8-16-2)11-5-6-11/h10-11H,3-8H2,1-2H3. The number of nitriles is 1. The number of amides is 1. The minimum absolute atomic E-state index is 0.0103. The molecule has 1 aliphatic carbocycles. The van der Waals surface area contributed by atoms with Gasteiger partial charge in [-0.25, -0.2) is 0 Å². The van der Waals surface area contributed by atoms with Gasteiger partial charge < -0.3 is 9.64 Å². The van der Waals surface area contributed by atoms with Gasteiger partial charge in [0.2, 0.25) is 5.91 Å². The minimum atomic E-state index is -0.470. The predicted octanol–water partition coefficient (Wildman–Crippen LogP) is 1.56. The van der Waals surface area contributed by atoms with Gasteiger partial charge in [-0.05, 0) is 19.3 Å². The number of nitrogens with zero attached hydrogens (tertiary/aromatic N) is 2. The lowest BCUT2D eigenvalue weighted by atomic mass is 10.0. The molecule has 4 nitrogen and oxygen atoms in total. The molecule has 16 heavy (non-hydrogen) atoms. The molecule has 0 N–H and O–H groups in total. The van der Waals surface area contributed by atoms with Gasteiger partial charge in [-0.15, -0.1) is 0 Å². The summed E-state index contributed by atoms with van der Waals surface area (Å²) in [5, 5.41) is 8.98. The number of hydrogen-bond acceptors (Lipinski definition) is 3. The first-order chi connectivity index (χ1) is 7.74. The van der Waals surface area contributed by atoms with Crippen molar-refractivity contribution >= 4 is 5.91 Å². The van der Waals surface area contributed by atoms with Gasteiger partial charge in [-0.1, -0.05) is 13.3 Å². The third-order valence-corrected chi connectivity index (χ3v) is 2.84. The van der Waals surface area contributed by atoms with Crippen LogP contribution in [0.2, 0.25) is 0 Å². The van der Waals surface area contributed by atoms with Crippen molar-refractivity contribution in [2.75, 3.05) is 20.3 Å². The van der Waals surface area contributed by atoms with Gasteiger partial charge in [-0.3, -0.25) is 4.79 Å². The maximum atomic E-state index is 12.1. The Kier molecular flexibility index (Phi) is 5.27. The molecule has 1 unspecified atom stereocenters. The average Bonchev–Trinajstić information content (AvgIpc) is 3.10. The highest BCUT2D eigenvalue weighted by Gasteiger charge is 2.35. The van der Waals surface area contributed by atoms with Gasteiger partial charge in [0.25, 0.3) is 0 Å². The van der Waals surface area contributed by atoms with E-state index < -0.39 is 5.92 Å². The molecule has 0 heterocycles. The Bertz CT molecular complexity index is 269. The Morgan fingerprint density at radius 2 is 2.31 bits per heavy atom. The second-order valence-corrected chi connectivity index (χ2v) is 4.23. The first-order valence-electron chi connectivity index (χ1n) is 5.93. The fraction of sp³-hybridized carbons (Fsp3) is 0.833. The zero-order valence-electron chi connectivity index (χ0n) is 10.1. The van der Waals surface area contributed by atoms with Crippen molar-refractivity contribution in [1.82, 2.24) is 4.90 Å². The maximum Gasteiger partial charge on any atom is 0.240 e. The Morgan fingerprint density at radius 1 is 1.62 bits per heavy atom. The molecular formula is C12H20N2O2. The molecule has 0 aromatic carbocycles.